The van der Waals surface area contributed by atoms with E-state index in [0.29, 0.717) is 5.89 Å². The Morgan fingerprint density at radius 3 is 1.93 bits per heavy atom. The number of nitrogens with zero attached hydrogens (tertiary/aromatic N) is 2. The van der Waals surface area contributed by atoms with Crippen molar-refractivity contribution >= 4 is 33.4 Å². The average molecular weight is 554 g/mol. The zero-order chi connectivity index (χ0) is 28.6. The number of fused-ring (bicyclic) bond motifs is 3. The van der Waals surface area contributed by atoms with Crippen molar-refractivity contribution in [2.75, 3.05) is 0 Å². The minimum atomic E-state index is 0.0229. The molecule has 4 heteroatoms. The fourth-order valence-electron chi connectivity index (χ4n) is 5.71. The van der Waals surface area contributed by atoms with Gasteiger partial charge in [0.1, 0.15) is 11.4 Å². The fourth-order valence-corrected chi connectivity index (χ4v) is 5.71. The second kappa shape index (κ2) is 10.6. The van der Waals surface area contributed by atoms with Crippen LogP contribution in [0.5, 0.6) is 0 Å². The van der Waals surface area contributed by atoms with Crippen LogP contribution < -0.4 is 5.32 Å². The van der Waals surface area contributed by atoms with E-state index in [1.54, 1.807) is 0 Å². The number of aliphatic imine (C=N–C) groups is 1. The van der Waals surface area contributed by atoms with Gasteiger partial charge in [0.05, 0.1) is 11.7 Å². The zero-order valence-corrected chi connectivity index (χ0v) is 23.3. The molecule has 1 aromatic heterocycles. The summed E-state index contributed by atoms with van der Waals surface area (Å²) in [7, 11) is 0. The van der Waals surface area contributed by atoms with Crippen molar-refractivity contribution in [1.29, 1.82) is 0 Å². The summed E-state index contributed by atoms with van der Waals surface area (Å²) in [6.07, 6.45) is 2.20. The van der Waals surface area contributed by atoms with Gasteiger partial charge in [0, 0.05) is 16.5 Å². The maximum absolute atomic E-state index is 6.14. The molecule has 1 N–H and O–H groups in total. The Bertz CT molecular complexity index is 2130. The van der Waals surface area contributed by atoms with Crippen LogP contribution in [0.15, 0.2) is 161 Å². The van der Waals surface area contributed by atoms with Crippen LogP contribution in [0, 0.1) is 0 Å². The van der Waals surface area contributed by atoms with Gasteiger partial charge in [0.2, 0.25) is 5.89 Å². The van der Waals surface area contributed by atoms with Crippen molar-refractivity contribution in [3.8, 4) is 22.6 Å². The van der Waals surface area contributed by atoms with E-state index in [1.807, 2.05) is 48.5 Å². The second-order valence-corrected chi connectivity index (χ2v) is 10.7. The van der Waals surface area contributed by atoms with Crippen LogP contribution in [0.4, 0.5) is 0 Å². The molecule has 1 unspecified atom stereocenters. The van der Waals surface area contributed by atoms with Crippen molar-refractivity contribution in [3.05, 3.63) is 168 Å². The summed E-state index contributed by atoms with van der Waals surface area (Å²) in [4.78, 5) is 9.94. The quantitative estimate of drug-likeness (QED) is 0.231. The van der Waals surface area contributed by atoms with Crippen LogP contribution in [0.2, 0.25) is 0 Å². The molecular formula is C39H27N3O. The molecule has 4 nitrogen and oxygen atoms in total. The Kier molecular flexibility index (Phi) is 6.16. The number of nitrogens with one attached hydrogen (secondary N) is 1. The minimum Gasteiger partial charge on any atom is -0.436 e. The lowest BCUT2D eigenvalue weighted by atomic mass is 9.98. The molecular weight excluding hydrogens is 526 g/mol. The number of benzene rings is 6. The van der Waals surface area contributed by atoms with Crippen molar-refractivity contribution in [1.82, 2.24) is 10.3 Å². The summed E-state index contributed by atoms with van der Waals surface area (Å²) in [5.41, 5.74) is 9.20. The van der Waals surface area contributed by atoms with Gasteiger partial charge in [-0.15, -0.1) is 0 Å². The largest absolute Gasteiger partial charge is 0.436 e. The molecule has 2 heterocycles. The van der Waals surface area contributed by atoms with Crippen molar-refractivity contribution < 1.29 is 4.42 Å². The molecule has 1 aliphatic rings. The number of rotatable bonds is 5. The van der Waals surface area contributed by atoms with Gasteiger partial charge in [-0.25, -0.2) is 9.98 Å². The fraction of sp³-hybridized carbons (Fsp3) is 0.0256. The Hall–Kier alpha value is -5.74. The molecule has 8 rings (SSSR count). The van der Waals surface area contributed by atoms with Gasteiger partial charge >= 0.3 is 0 Å². The molecule has 0 saturated heterocycles. The van der Waals surface area contributed by atoms with Crippen molar-refractivity contribution in [2.45, 2.75) is 6.04 Å². The number of oxazole rings is 1. The van der Waals surface area contributed by atoms with E-state index in [0.717, 1.165) is 61.2 Å². The molecule has 0 spiro atoms. The van der Waals surface area contributed by atoms with Gasteiger partial charge in [0.15, 0.2) is 5.58 Å². The highest BCUT2D eigenvalue weighted by atomic mass is 16.3. The third-order valence-electron chi connectivity index (χ3n) is 7.97. The second-order valence-electron chi connectivity index (χ2n) is 10.7. The van der Waals surface area contributed by atoms with E-state index < -0.39 is 0 Å². The predicted molar refractivity (Wildman–Crippen MR) is 176 cm³/mol. The van der Waals surface area contributed by atoms with E-state index >= 15 is 0 Å². The summed E-state index contributed by atoms with van der Waals surface area (Å²) in [6.45, 7) is 0. The monoisotopic (exact) mass is 553 g/mol. The first-order valence-electron chi connectivity index (χ1n) is 14.5. The molecule has 6 aromatic carbocycles. The highest BCUT2D eigenvalue weighted by Gasteiger charge is 2.20. The lowest BCUT2D eigenvalue weighted by molar-refractivity contribution is 0.620. The summed E-state index contributed by atoms with van der Waals surface area (Å²) < 4.78 is 6.14. The first-order valence-corrected chi connectivity index (χ1v) is 14.5. The maximum atomic E-state index is 6.14. The SMILES string of the molecule is C1=C(c2ccccc2)N=C(c2ccc(-c3ccc4ccc5oc(-c6ccccc6)nc5c4c3)cc2)NC1c1ccccc1. The Labute approximate surface area is 249 Å². The smallest absolute Gasteiger partial charge is 0.227 e. The Morgan fingerprint density at radius 1 is 0.558 bits per heavy atom. The Balaban J connectivity index is 1.14. The maximum Gasteiger partial charge on any atom is 0.227 e. The predicted octanol–water partition coefficient (Wildman–Crippen LogP) is 9.45. The van der Waals surface area contributed by atoms with Crippen molar-refractivity contribution in [2.24, 2.45) is 4.99 Å². The number of amidine groups is 1. The van der Waals surface area contributed by atoms with E-state index in [4.69, 9.17) is 14.4 Å². The third kappa shape index (κ3) is 4.79. The molecule has 0 bridgehead atoms. The van der Waals surface area contributed by atoms with Gasteiger partial charge in [-0.3, -0.25) is 0 Å². The molecule has 0 amide bonds. The van der Waals surface area contributed by atoms with Crippen molar-refractivity contribution in [3.63, 3.8) is 0 Å². The first kappa shape index (κ1) is 25.0. The van der Waals surface area contributed by atoms with Crippen LogP contribution in [-0.4, -0.2) is 10.8 Å². The summed E-state index contributed by atoms with van der Waals surface area (Å²) in [5.74, 6) is 1.49. The van der Waals surface area contributed by atoms with E-state index in [-0.39, 0.29) is 6.04 Å². The minimum absolute atomic E-state index is 0.0229. The molecule has 0 aliphatic carbocycles. The van der Waals surface area contributed by atoms with Gasteiger partial charge in [-0.1, -0.05) is 121 Å². The van der Waals surface area contributed by atoms with Gasteiger partial charge < -0.3 is 9.73 Å². The third-order valence-corrected chi connectivity index (χ3v) is 7.97. The lowest BCUT2D eigenvalue weighted by Gasteiger charge is -2.24. The summed E-state index contributed by atoms with van der Waals surface area (Å²) >= 11 is 0. The zero-order valence-electron chi connectivity index (χ0n) is 23.3. The van der Waals surface area contributed by atoms with Crippen LogP contribution in [0.25, 0.3) is 50.2 Å². The highest BCUT2D eigenvalue weighted by Crippen LogP contribution is 2.33. The number of aromatic nitrogens is 1. The van der Waals surface area contributed by atoms with Gasteiger partial charge in [-0.2, -0.15) is 0 Å². The summed E-state index contributed by atoms with van der Waals surface area (Å²) in [5, 5.41) is 5.87. The van der Waals surface area contributed by atoms with E-state index in [1.165, 1.54) is 5.56 Å². The standard InChI is InChI=1S/C39H27N3O/c1-4-10-28(11-5-1)34-25-35(29-12-6-2-7-13-29)41-38(40-34)30-19-16-26(17-20-30)32-21-18-27-22-23-36-37(33(27)24-32)42-39(43-36)31-14-8-3-9-15-31/h1-25,34H,(H,40,41). The molecule has 43 heavy (non-hydrogen) atoms. The molecule has 7 aromatic rings. The van der Waals surface area contributed by atoms with Gasteiger partial charge in [-0.05, 0) is 58.0 Å². The highest BCUT2D eigenvalue weighted by molar-refractivity contribution is 6.06. The normalized spacial score (nSPS) is 14.7. The van der Waals surface area contributed by atoms with Crippen LogP contribution in [0.3, 0.4) is 0 Å². The topological polar surface area (TPSA) is 50.4 Å². The Morgan fingerprint density at radius 2 is 1.19 bits per heavy atom. The molecule has 204 valence electrons. The van der Waals surface area contributed by atoms with Crippen LogP contribution >= 0.6 is 0 Å². The van der Waals surface area contributed by atoms with Crippen LogP contribution in [0.1, 0.15) is 22.7 Å². The lowest BCUT2D eigenvalue weighted by Crippen LogP contribution is -2.31. The van der Waals surface area contributed by atoms with E-state index in [2.05, 4.69) is 108 Å². The molecule has 0 saturated carbocycles. The average Bonchev–Trinajstić information content (AvgIpc) is 3.54. The van der Waals surface area contributed by atoms with Gasteiger partial charge in [0.25, 0.3) is 0 Å². The summed E-state index contributed by atoms with van der Waals surface area (Å²) in [6, 6.07) is 50.2. The molecule has 0 radical (unpaired) electrons. The molecule has 1 atom stereocenters. The molecule has 0 fully saturated rings. The first-order chi connectivity index (χ1) is 21.3. The number of hydrogen-bond donors (Lipinski definition) is 1. The van der Waals surface area contributed by atoms with E-state index in [9.17, 15) is 0 Å². The van der Waals surface area contributed by atoms with Crippen LogP contribution in [-0.2, 0) is 0 Å². The number of hydrogen-bond acceptors (Lipinski definition) is 4. The molecule has 1 aliphatic heterocycles.